The van der Waals surface area contributed by atoms with Gasteiger partial charge in [-0.05, 0) is 56.0 Å². The quantitative estimate of drug-likeness (QED) is 0.371. The van der Waals surface area contributed by atoms with Crippen molar-refractivity contribution >= 4 is 45.0 Å². The Kier molecular flexibility index (Phi) is 11.7. The van der Waals surface area contributed by atoms with Gasteiger partial charge in [-0.3, -0.25) is 9.59 Å². The molecule has 0 fully saturated rings. The molecule has 7 nitrogen and oxygen atoms in total. The maximum atomic E-state index is 13.4. The van der Waals surface area contributed by atoms with Gasteiger partial charge in [0.05, 0.1) is 14.9 Å². The van der Waals surface area contributed by atoms with Gasteiger partial charge in [0, 0.05) is 32.6 Å². The van der Waals surface area contributed by atoms with Crippen LogP contribution in [0.1, 0.15) is 52.0 Å². The number of carbonyl (C=O) groups is 2. The Balaban J connectivity index is 2.17. The van der Waals surface area contributed by atoms with Crippen LogP contribution in [0.5, 0.6) is 0 Å². The summed E-state index contributed by atoms with van der Waals surface area (Å²) < 4.78 is 26.8. The number of halogens is 2. The molecule has 2 rings (SSSR count). The smallest absolute Gasteiger partial charge is 0.243 e. The van der Waals surface area contributed by atoms with E-state index in [1.807, 2.05) is 20.8 Å². The first-order valence-electron chi connectivity index (χ1n) is 12.1. The first kappa shape index (κ1) is 30.1. The number of hydrogen-bond acceptors (Lipinski definition) is 4. The fraction of sp³-hybridized carbons (Fsp3) is 0.462. The largest absolute Gasteiger partial charge is 0.352 e. The van der Waals surface area contributed by atoms with Crippen molar-refractivity contribution < 1.29 is 18.0 Å². The number of sulfonamides is 1. The van der Waals surface area contributed by atoms with E-state index in [4.69, 9.17) is 23.2 Å². The van der Waals surface area contributed by atoms with Crippen LogP contribution in [0.4, 0.5) is 0 Å². The van der Waals surface area contributed by atoms with Crippen LogP contribution >= 0.6 is 23.2 Å². The topological polar surface area (TPSA) is 86.8 Å². The summed E-state index contributed by atoms with van der Waals surface area (Å²) in [6.07, 6.45) is 1.59. The molecule has 0 aliphatic rings. The summed E-state index contributed by atoms with van der Waals surface area (Å²) in [5, 5.41) is 3.74. The number of nitrogens with one attached hydrogen (secondary N) is 1. The Morgan fingerprint density at radius 2 is 1.67 bits per heavy atom. The minimum absolute atomic E-state index is 0.0229. The molecule has 0 aliphatic heterocycles. The third-order valence-electron chi connectivity index (χ3n) is 6.04. The average molecular weight is 557 g/mol. The second-order valence-electron chi connectivity index (χ2n) is 8.76. The highest BCUT2D eigenvalue weighted by Crippen LogP contribution is 2.24. The normalized spacial score (nSPS) is 13.3. The lowest BCUT2D eigenvalue weighted by Crippen LogP contribution is -2.50. The van der Waals surface area contributed by atoms with Crippen LogP contribution in [-0.2, 0) is 26.2 Å². The van der Waals surface area contributed by atoms with Gasteiger partial charge in [0.1, 0.15) is 6.04 Å². The molecule has 0 aromatic heterocycles. The number of benzene rings is 2. The summed E-state index contributed by atoms with van der Waals surface area (Å²) in [6, 6.07) is 12.6. The van der Waals surface area contributed by atoms with Crippen molar-refractivity contribution in [3.05, 3.63) is 64.1 Å². The van der Waals surface area contributed by atoms with Crippen LogP contribution in [0.15, 0.2) is 53.4 Å². The molecule has 2 aromatic carbocycles. The minimum Gasteiger partial charge on any atom is -0.352 e. The molecule has 10 heteroatoms. The van der Waals surface area contributed by atoms with Crippen molar-refractivity contribution in [3.63, 3.8) is 0 Å². The van der Waals surface area contributed by atoms with Gasteiger partial charge < -0.3 is 10.2 Å². The molecule has 0 bridgehead atoms. The molecular weight excluding hydrogens is 521 g/mol. The first-order valence-corrected chi connectivity index (χ1v) is 14.3. The van der Waals surface area contributed by atoms with Crippen molar-refractivity contribution in [1.82, 2.24) is 14.5 Å². The van der Waals surface area contributed by atoms with Gasteiger partial charge in [-0.2, -0.15) is 0 Å². The Labute approximate surface area is 224 Å². The molecule has 0 radical (unpaired) electrons. The fourth-order valence-corrected chi connectivity index (χ4v) is 5.24. The predicted molar refractivity (Wildman–Crippen MR) is 144 cm³/mol. The summed E-state index contributed by atoms with van der Waals surface area (Å²) in [4.78, 5) is 28.2. The van der Waals surface area contributed by atoms with E-state index in [1.54, 1.807) is 41.3 Å². The molecule has 2 aromatic rings. The molecule has 198 valence electrons. The Hall–Kier alpha value is -2.13. The van der Waals surface area contributed by atoms with Gasteiger partial charge in [0.15, 0.2) is 0 Å². The lowest BCUT2D eigenvalue weighted by molar-refractivity contribution is -0.141. The van der Waals surface area contributed by atoms with Crippen LogP contribution in [0.3, 0.4) is 0 Å². The SMILES string of the molecule is CC[C@@H](C)NC(=O)[C@@H](CC)N(Cc1ccc(Cl)c(Cl)c1)C(=O)CCCN(C)S(=O)(=O)c1ccccc1. The first-order chi connectivity index (χ1) is 17.0. The van der Waals surface area contributed by atoms with Crippen molar-refractivity contribution in [3.8, 4) is 0 Å². The predicted octanol–water partition coefficient (Wildman–Crippen LogP) is 5.12. The molecule has 0 heterocycles. The maximum absolute atomic E-state index is 13.4. The van der Waals surface area contributed by atoms with Crippen LogP contribution in [0.25, 0.3) is 0 Å². The summed E-state index contributed by atoms with van der Waals surface area (Å²) >= 11 is 12.2. The van der Waals surface area contributed by atoms with Crippen molar-refractivity contribution in [2.75, 3.05) is 13.6 Å². The van der Waals surface area contributed by atoms with Gasteiger partial charge in [-0.1, -0.05) is 61.3 Å². The monoisotopic (exact) mass is 555 g/mol. The van der Waals surface area contributed by atoms with Gasteiger partial charge in [0.2, 0.25) is 21.8 Å². The molecule has 1 N–H and O–H groups in total. The zero-order chi connectivity index (χ0) is 26.9. The third-order valence-corrected chi connectivity index (χ3v) is 8.65. The van der Waals surface area contributed by atoms with E-state index in [-0.39, 0.29) is 42.3 Å². The van der Waals surface area contributed by atoms with Gasteiger partial charge >= 0.3 is 0 Å². The molecule has 0 unspecified atom stereocenters. The van der Waals surface area contributed by atoms with Crippen LogP contribution < -0.4 is 5.32 Å². The third kappa shape index (κ3) is 8.20. The summed E-state index contributed by atoms with van der Waals surface area (Å²) in [5.41, 5.74) is 0.747. The lowest BCUT2D eigenvalue weighted by atomic mass is 10.1. The van der Waals surface area contributed by atoms with E-state index < -0.39 is 16.1 Å². The Morgan fingerprint density at radius 1 is 1.00 bits per heavy atom. The number of hydrogen-bond donors (Lipinski definition) is 1. The van der Waals surface area contributed by atoms with Crippen LogP contribution in [0.2, 0.25) is 10.0 Å². The second-order valence-corrected chi connectivity index (χ2v) is 11.6. The highest BCUT2D eigenvalue weighted by Gasteiger charge is 2.29. The molecule has 36 heavy (non-hydrogen) atoms. The van der Waals surface area contributed by atoms with Crippen molar-refractivity contribution in [2.24, 2.45) is 0 Å². The van der Waals surface area contributed by atoms with Crippen LogP contribution in [0, 0.1) is 0 Å². The van der Waals surface area contributed by atoms with E-state index in [2.05, 4.69) is 5.32 Å². The van der Waals surface area contributed by atoms with Gasteiger partial charge in [0.25, 0.3) is 0 Å². The van der Waals surface area contributed by atoms with Crippen molar-refractivity contribution in [1.29, 1.82) is 0 Å². The molecule has 2 amide bonds. The molecule has 0 saturated carbocycles. The summed E-state index contributed by atoms with van der Waals surface area (Å²) in [5.74, 6) is -0.457. The zero-order valence-corrected chi connectivity index (χ0v) is 23.5. The standard InChI is InChI=1S/C26H35Cl2N3O4S/c1-5-19(3)29-26(33)24(6-2)31(18-20-14-15-22(27)23(28)17-20)25(32)13-10-16-30(4)36(34,35)21-11-8-7-9-12-21/h7-9,11-12,14-15,17,19,24H,5-6,10,13,16,18H2,1-4H3,(H,29,33)/t19-,24-/m1/s1. The summed E-state index contributed by atoms with van der Waals surface area (Å²) in [7, 11) is -2.15. The number of amides is 2. The molecule has 0 spiro atoms. The molecule has 0 aliphatic carbocycles. The van der Waals surface area contributed by atoms with E-state index in [9.17, 15) is 18.0 Å². The zero-order valence-electron chi connectivity index (χ0n) is 21.2. The lowest BCUT2D eigenvalue weighted by Gasteiger charge is -2.32. The number of rotatable bonds is 13. The highest BCUT2D eigenvalue weighted by atomic mass is 35.5. The van der Waals surface area contributed by atoms with Gasteiger partial charge in [-0.25, -0.2) is 12.7 Å². The van der Waals surface area contributed by atoms with E-state index in [0.29, 0.717) is 22.9 Å². The summed E-state index contributed by atoms with van der Waals surface area (Å²) in [6.45, 7) is 6.10. The minimum atomic E-state index is -3.65. The fourth-order valence-electron chi connectivity index (χ4n) is 3.68. The highest BCUT2D eigenvalue weighted by molar-refractivity contribution is 7.89. The Bertz CT molecular complexity index is 1130. The second kappa shape index (κ2) is 14.0. The van der Waals surface area contributed by atoms with Crippen LogP contribution in [-0.4, -0.2) is 55.1 Å². The van der Waals surface area contributed by atoms with E-state index in [1.165, 1.54) is 23.5 Å². The Morgan fingerprint density at radius 3 is 2.25 bits per heavy atom. The van der Waals surface area contributed by atoms with Gasteiger partial charge in [-0.15, -0.1) is 0 Å². The number of nitrogens with zero attached hydrogens (tertiary/aromatic N) is 2. The molecule has 0 saturated heterocycles. The van der Waals surface area contributed by atoms with E-state index >= 15 is 0 Å². The number of carbonyl (C=O) groups excluding carboxylic acids is 2. The average Bonchev–Trinajstić information content (AvgIpc) is 2.86. The van der Waals surface area contributed by atoms with E-state index in [0.717, 1.165) is 12.0 Å². The molecular formula is C26H35Cl2N3O4S. The molecule has 2 atom stereocenters. The van der Waals surface area contributed by atoms with Crippen molar-refractivity contribution in [2.45, 2.75) is 70.0 Å². The maximum Gasteiger partial charge on any atom is 0.243 e.